The molecule has 0 aliphatic heterocycles. The summed E-state index contributed by atoms with van der Waals surface area (Å²) in [6.07, 6.45) is 7.13. The molecule has 1 aromatic rings. The number of nitrogens with one attached hydrogen (secondary N) is 1. The fourth-order valence-corrected chi connectivity index (χ4v) is 2.00. The minimum absolute atomic E-state index is 0.760. The number of aryl methyl sites for hydroxylation is 2. The second kappa shape index (κ2) is 4.75. The van der Waals surface area contributed by atoms with E-state index >= 15 is 0 Å². The van der Waals surface area contributed by atoms with Crippen molar-refractivity contribution in [1.29, 1.82) is 0 Å². The molecule has 1 heterocycles. The minimum atomic E-state index is 0.760. The van der Waals surface area contributed by atoms with Gasteiger partial charge in [-0.2, -0.15) is 0 Å². The molecule has 2 nitrogen and oxygen atoms in total. The molecular weight excluding hydrogens is 184 g/mol. The van der Waals surface area contributed by atoms with Crippen LogP contribution in [-0.2, 0) is 13.0 Å². The number of rotatable bonds is 4. The molecule has 0 bridgehead atoms. The van der Waals surface area contributed by atoms with Crippen LogP contribution in [0.3, 0.4) is 0 Å². The highest BCUT2D eigenvalue weighted by molar-refractivity contribution is 5.24. The van der Waals surface area contributed by atoms with Crippen LogP contribution in [0.4, 0.5) is 0 Å². The average Bonchev–Trinajstić information content (AvgIpc) is 2.16. The average molecular weight is 204 g/mol. The SMILES string of the molecule is CCc1ncc(CNC2CCC2)cc1C. The molecule has 2 heteroatoms. The van der Waals surface area contributed by atoms with Crippen molar-refractivity contribution in [2.75, 3.05) is 0 Å². The summed E-state index contributed by atoms with van der Waals surface area (Å²) in [6, 6.07) is 3.02. The molecule has 1 N–H and O–H groups in total. The quantitative estimate of drug-likeness (QED) is 0.815. The second-order valence-corrected chi connectivity index (χ2v) is 4.47. The molecule has 0 unspecified atom stereocenters. The molecule has 15 heavy (non-hydrogen) atoms. The topological polar surface area (TPSA) is 24.9 Å². The van der Waals surface area contributed by atoms with Gasteiger partial charge in [0.05, 0.1) is 0 Å². The number of hydrogen-bond donors (Lipinski definition) is 1. The molecule has 0 amide bonds. The van der Waals surface area contributed by atoms with E-state index in [1.165, 1.54) is 36.1 Å². The molecule has 0 saturated heterocycles. The Bertz CT molecular complexity index is 329. The van der Waals surface area contributed by atoms with Crippen LogP contribution >= 0.6 is 0 Å². The summed E-state index contributed by atoms with van der Waals surface area (Å²) in [6.45, 7) is 5.28. The number of aromatic nitrogens is 1. The number of hydrogen-bond acceptors (Lipinski definition) is 2. The maximum absolute atomic E-state index is 4.48. The van der Waals surface area contributed by atoms with Crippen molar-refractivity contribution in [3.8, 4) is 0 Å². The van der Waals surface area contributed by atoms with E-state index in [1.807, 2.05) is 6.20 Å². The van der Waals surface area contributed by atoms with Crippen molar-refractivity contribution < 1.29 is 0 Å². The third-order valence-electron chi connectivity index (χ3n) is 3.28. The van der Waals surface area contributed by atoms with Crippen LogP contribution in [0, 0.1) is 6.92 Å². The van der Waals surface area contributed by atoms with Crippen LogP contribution in [0.5, 0.6) is 0 Å². The summed E-state index contributed by atoms with van der Waals surface area (Å²) in [7, 11) is 0. The van der Waals surface area contributed by atoms with Crippen LogP contribution in [0.1, 0.15) is 43.0 Å². The molecular formula is C13H20N2. The molecule has 1 aromatic heterocycles. The molecule has 0 radical (unpaired) electrons. The maximum atomic E-state index is 4.48. The zero-order valence-electron chi connectivity index (χ0n) is 9.71. The lowest BCUT2D eigenvalue weighted by atomic mass is 9.93. The largest absolute Gasteiger partial charge is 0.310 e. The molecule has 1 aliphatic carbocycles. The van der Waals surface area contributed by atoms with Crippen LogP contribution in [0.25, 0.3) is 0 Å². The van der Waals surface area contributed by atoms with Crippen molar-refractivity contribution in [3.05, 3.63) is 29.1 Å². The van der Waals surface area contributed by atoms with E-state index in [2.05, 4.69) is 30.2 Å². The Kier molecular flexibility index (Phi) is 3.37. The summed E-state index contributed by atoms with van der Waals surface area (Å²) in [5.74, 6) is 0. The van der Waals surface area contributed by atoms with E-state index in [-0.39, 0.29) is 0 Å². The van der Waals surface area contributed by atoms with E-state index in [0.717, 1.165) is 19.0 Å². The third-order valence-corrected chi connectivity index (χ3v) is 3.28. The third kappa shape index (κ3) is 2.57. The van der Waals surface area contributed by atoms with E-state index in [4.69, 9.17) is 0 Å². The highest BCUT2D eigenvalue weighted by Crippen LogP contribution is 2.18. The summed E-state index contributed by atoms with van der Waals surface area (Å²) in [5, 5.41) is 3.56. The number of nitrogens with zero attached hydrogens (tertiary/aromatic N) is 1. The second-order valence-electron chi connectivity index (χ2n) is 4.47. The van der Waals surface area contributed by atoms with Gasteiger partial charge in [0.15, 0.2) is 0 Å². The molecule has 1 fully saturated rings. The zero-order chi connectivity index (χ0) is 10.7. The van der Waals surface area contributed by atoms with E-state index in [1.54, 1.807) is 0 Å². The summed E-state index contributed by atoms with van der Waals surface area (Å²) < 4.78 is 0. The van der Waals surface area contributed by atoms with Crippen molar-refractivity contribution in [2.24, 2.45) is 0 Å². The minimum Gasteiger partial charge on any atom is -0.310 e. The van der Waals surface area contributed by atoms with Gasteiger partial charge in [-0.3, -0.25) is 4.98 Å². The Morgan fingerprint density at radius 2 is 2.27 bits per heavy atom. The summed E-state index contributed by atoms with van der Waals surface area (Å²) in [4.78, 5) is 4.48. The first-order chi connectivity index (χ1) is 7.29. The van der Waals surface area contributed by atoms with E-state index in [9.17, 15) is 0 Å². The highest BCUT2D eigenvalue weighted by atomic mass is 14.9. The molecule has 1 aliphatic rings. The van der Waals surface area contributed by atoms with Crippen LogP contribution < -0.4 is 5.32 Å². The molecule has 0 aromatic carbocycles. The van der Waals surface area contributed by atoms with Gasteiger partial charge in [-0.05, 0) is 37.3 Å². The van der Waals surface area contributed by atoms with E-state index < -0.39 is 0 Å². The predicted molar refractivity (Wildman–Crippen MR) is 62.8 cm³/mol. The number of pyridine rings is 1. The lowest BCUT2D eigenvalue weighted by molar-refractivity contribution is 0.338. The maximum Gasteiger partial charge on any atom is 0.0430 e. The van der Waals surface area contributed by atoms with E-state index in [0.29, 0.717) is 0 Å². The van der Waals surface area contributed by atoms with Crippen LogP contribution in [0.2, 0.25) is 0 Å². The van der Waals surface area contributed by atoms with Gasteiger partial charge in [0, 0.05) is 24.5 Å². The first kappa shape index (κ1) is 10.6. The predicted octanol–water partition coefficient (Wildman–Crippen LogP) is 2.59. The lowest BCUT2D eigenvalue weighted by Gasteiger charge is -2.26. The van der Waals surface area contributed by atoms with Gasteiger partial charge in [0.25, 0.3) is 0 Å². The van der Waals surface area contributed by atoms with Gasteiger partial charge in [-0.25, -0.2) is 0 Å². The van der Waals surface area contributed by atoms with Crippen molar-refractivity contribution >= 4 is 0 Å². The van der Waals surface area contributed by atoms with Crippen LogP contribution in [-0.4, -0.2) is 11.0 Å². The molecule has 1 saturated carbocycles. The Morgan fingerprint density at radius 1 is 1.47 bits per heavy atom. The normalized spacial score (nSPS) is 16.4. The van der Waals surface area contributed by atoms with Gasteiger partial charge in [-0.15, -0.1) is 0 Å². The summed E-state index contributed by atoms with van der Waals surface area (Å²) >= 11 is 0. The Morgan fingerprint density at radius 3 is 2.80 bits per heavy atom. The fraction of sp³-hybridized carbons (Fsp3) is 0.615. The zero-order valence-corrected chi connectivity index (χ0v) is 9.71. The lowest BCUT2D eigenvalue weighted by Crippen LogP contribution is -2.34. The first-order valence-corrected chi connectivity index (χ1v) is 5.97. The van der Waals surface area contributed by atoms with Crippen molar-refractivity contribution in [2.45, 2.75) is 52.1 Å². The smallest absolute Gasteiger partial charge is 0.0430 e. The molecule has 0 spiro atoms. The van der Waals surface area contributed by atoms with Gasteiger partial charge in [0.2, 0.25) is 0 Å². The standard InChI is InChI=1S/C13H20N2/c1-3-13-10(2)7-11(9-15-13)8-14-12-5-4-6-12/h7,9,12,14H,3-6,8H2,1-2H3. The van der Waals surface area contributed by atoms with Crippen molar-refractivity contribution in [3.63, 3.8) is 0 Å². The Balaban J connectivity index is 1.93. The van der Waals surface area contributed by atoms with Crippen molar-refractivity contribution in [1.82, 2.24) is 10.3 Å². The first-order valence-electron chi connectivity index (χ1n) is 5.97. The van der Waals surface area contributed by atoms with Gasteiger partial charge < -0.3 is 5.32 Å². The van der Waals surface area contributed by atoms with Gasteiger partial charge in [0.1, 0.15) is 0 Å². The molecule has 0 atom stereocenters. The highest BCUT2D eigenvalue weighted by Gasteiger charge is 2.16. The van der Waals surface area contributed by atoms with Gasteiger partial charge in [-0.1, -0.05) is 19.4 Å². The Labute approximate surface area is 92.1 Å². The monoisotopic (exact) mass is 204 g/mol. The fourth-order valence-electron chi connectivity index (χ4n) is 2.00. The van der Waals surface area contributed by atoms with Crippen LogP contribution in [0.15, 0.2) is 12.3 Å². The van der Waals surface area contributed by atoms with Gasteiger partial charge >= 0.3 is 0 Å². The Hall–Kier alpha value is -0.890. The molecule has 2 rings (SSSR count). The molecule has 82 valence electrons. The summed E-state index contributed by atoms with van der Waals surface area (Å²) in [5.41, 5.74) is 3.87.